The van der Waals surface area contributed by atoms with Crippen LogP contribution in [0.1, 0.15) is 41.8 Å². The van der Waals surface area contributed by atoms with Crippen LogP contribution < -0.4 is 5.32 Å². The third kappa shape index (κ3) is 2.54. The Morgan fingerprint density at radius 2 is 2.00 bits per heavy atom. The highest BCUT2D eigenvalue weighted by molar-refractivity contribution is 5.95. The highest BCUT2D eigenvalue weighted by Gasteiger charge is 2.34. The van der Waals surface area contributed by atoms with Gasteiger partial charge in [-0.15, -0.1) is 0 Å². The predicted molar refractivity (Wildman–Crippen MR) is 96.0 cm³/mol. The molecule has 4 rings (SSSR count). The van der Waals surface area contributed by atoms with Gasteiger partial charge < -0.3 is 9.88 Å². The van der Waals surface area contributed by atoms with Gasteiger partial charge >= 0.3 is 0 Å². The smallest absolute Gasteiger partial charge is 0.226 e. The number of carbonyl (C=O) groups excluding carboxylic acids is 1. The van der Waals surface area contributed by atoms with Crippen molar-refractivity contribution in [2.24, 2.45) is 0 Å². The first-order valence-corrected chi connectivity index (χ1v) is 8.55. The van der Waals surface area contributed by atoms with Gasteiger partial charge in [0.15, 0.2) is 0 Å². The van der Waals surface area contributed by atoms with Gasteiger partial charge in [0.1, 0.15) is 5.82 Å². The van der Waals surface area contributed by atoms with Crippen molar-refractivity contribution in [2.75, 3.05) is 5.32 Å². The van der Waals surface area contributed by atoms with Gasteiger partial charge in [0.2, 0.25) is 5.91 Å². The molecule has 1 aliphatic rings. The van der Waals surface area contributed by atoms with Crippen LogP contribution in [0.3, 0.4) is 0 Å². The van der Waals surface area contributed by atoms with Gasteiger partial charge in [-0.3, -0.25) is 4.79 Å². The van der Waals surface area contributed by atoms with E-state index in [-0.39, 0.29) is 11.8 Å². The fourth-order valence-corrected chi connectivity index (χ4v) is 3.56. The second-order valence-corrected chi connectivity index (χ2v) is 6.50. The maximum Gasteiger partial charge on any atom is 0.226 e. The van der Waals surface area contributed by atoms with Crippen LogP contribution in [0.5, 0.6) is 0 Å². The van der Waals surface area contributed by atoms with Crippen molar-refractivity contribution in [3.63, 3.8) is 0 Å². The Morgan fingerprint density at radius 3 is 2.72 bits per heavy atom. The van der Waals surface area contributed by atoms with Crippen molar-refractivity contribution in [3.8, 4) is 5.69 Å². The molecule has 6 heteroatoms. The summed E-state index contributed by atoms with van der Waals surface area (Å²) >= 11 is 0. The number of fused-ring (bicyclic) bond motifs is 1. The van der Waals surface area contributed by atoms with E-state index in [1.54, 1.807) is 0 Å². The van der Waals surface area contributed by atoms with Crippen molar-refractivity contribution in [1.82, 2.24) is 19.3 Å². The van der Waals surface area contributed by atoms with Crippen LogP contribution in [0, 0.1) is 13.8 Å². The summed E-state index contributed by atoms with van der Waals surface area (Å²) in [5.74, 6) is 0.756. The van der Waals surface area contributed by atoms with Crippen LogP contribution >= 0.6 is 0 Å². The predicted octanol–water partition coefficient (Wildman–Crippen LogP) is 3.18. The number of amides is 1. The molecular formula is C19H21N5O. The number of anilines is 1. The number of aryl methyl sites for hydroxylation is 3. The fraction of sp³-hybridized carbons (Fsp3) is 0.316. The molecule has 25 heavy (non-hydrogen) atoms. The van der Waals surface area contributed by atoms with Crippen LogP contribution in [0.15, 0.2) is 36.8 Å². The molecule has 0 saturated heterocycles. The van der Waals surface area contributed by atoms with Crippen LogP contribution in [-0.4, -0.2) is 25.2 Å². The van der Waals surface area contributed by atoms with Crippen molar-refractivity contribution < 1.29 is 4.79 Å². The Morgan fingerprint density at radius 1 is 1.24 bits per heavy atom. The monoisotopic (exact) mass is 335 g/mol. The average molecular weight is 335 g/mol. The molecule has 0 bridgehead atoms. The number of imidazole rings is 1. The maximum atomic E-state index is 12.4. The number of hydrogen-bond acceptors (Lipinski definition) is 3. The second-order valence-electron chi connectivity index (χ2n) is 6.50. The quantitative estimate of drug-likeness (QED) is 0.799. The van der Waals surface area contributed by atoms with Crippen molar-refractivity contribution in [3.05, 3.63) is 59.3 Å². The summed E-state index contributed by atoms with van der Waals surface area (Å²) in [6, 6.07) is 8.14. The van der Waals surface area contributed by atoms with Gasteiger partial charge in [-0.1, -0.05) is 17.7 Å². The van der Waals surface area contributed by atoms with Gasteiger partial charge in [-0.2, -0.15) is 5.10 Å². The molecule has 0 saturated carbocycles. The highest BCUT2D eigenvalue weighted by atomic mass is 16.1. The maximum absolute atomic E-state index is 12.4. The van der Waals surface area contributed by atoms with Crippen LogP contribution in [0.4, 0.5) is 5.82 Å². The number of benzene rings is 1. The molecule has 0 spiro atoms. The molecule has 1 aromatic carbocycles. The van der Waals surface area contributed by atoms with Gasteiger partial charge in [0.05, 0.1) is 17.7 Å². The molecule has 2 aromatic heterocycles. The Hall–Kier alpha value is -2.89. The van der Waals surface area contributed by atoms with Gasteiger partial charge in [-0.05, 0) is 32.9 Å². The Bertz CT molecular complexity index is 935. The van der Waals surface area contributed by atoms with Gasteiger partial charge in [0, 0.05) is 36.3 Å². The van der Waals surface area contributed by atoms with Crippen LogP contribution in [0.25, 0.3) is 5.69 Å². The zero-order valence-electron chi connectivity index (χ0n) is 14.7. The standard InChI is InChI=1S/C19H21N5O/c1-4-23-11-20-10-16(23)15-9-17(25)21-19-18(15)13(3)22-24(19)14-7-5-12(2)6-8-14/h5-8,10-11,15H,4,9H2,1-3H3,(H,21,25)/t15-/m1/s1. The van der Waals surface area contributed by atoms with E-state index in [4.69, 9.17) is 5.10 Å². The van der Waals surface area contributed by atoms with E-state index in [0.717, 1.165) is 35.0 Å². The Kier molecular flexibility index (Phi) is 3.67. The summed E-state index contributed by atoms with van der Waals surface area (Å²) in [5.41, 5.74) is 5.21. The topological polar surface area (TPSA) is 64.7 Å². The van der Waals surface area contributed by atoms with Gasteiger partial charge in [0.25, 0.3) is 0 Å². The number of rotatable bonds is 3. The Labute approximate surface area is 146 Å². The molecule has 128 valence electrons. The molecule has 1 aliphatic heterocycles. The first-order chi connectivity index (χ1) is 12.1. The summed E-state index contributed by atoms with van der Waals surface area (Å²) in [6.45, 7) is 6.96. The summed E-state index contributed by atoms with van der Waals surface area (Å²) in [7, 11) is 0. The highest BCUT2D eigenvalue weighted by Crippen LogP contribution is 2.40. The summed E-state index contributed by atoms with van der Waals surface area (Å²) in [5, 5.41) is 7.74. The lowest BCUT2D eigenvalue weighted by molar-refractivity contribution is -0.116. The second kappa shape index (κ2) is 5.88. The SMILES string of the molecule is CCn1cncc1[C@H]1CC(=O)Nc2c1c(C)nn2-c1ccc(C)cc1. The van der Waals surface area contributed by atoms with E-state index >= 15 is 0 Å². The summed E-state index contributed by atoms with van der Waals surface area (Å²) in [6.07, 6.45) is 4.10. The van der Waals surface area contributed by atoms with Crippen LogP contribution in [0.2, 0.25) is 0 Å². The van der Waals surface area contributed by atoms with Crippen molar-refractivity contribution in [1.29, 1.82) is 0 Å². The first-order valence-electron chi connectivity index (χ1n) is 8.55. The zero-order chi connectivity index (χ0) is 17.6. The molecule has 1 N–H and O–H groups in total. The fourth-order valence-electron chi connectivity index (χ4n) is 3.56. The van der Waals surface area contributed by atoms with E-state index in [9.17, 15) is 4.79 Å². The molecule has 1 atom stereocenters. The molecule has 0 unspecified atom stereocenters. The third-order valence-corrected chi connectivity index (χ3v) is 4.82. The lowest BCUT2D eigenvalue weighted by Gasteiger charge is -2.24. The number of hydrogen-bond donors (Lipinski definition) is 1. The van der Waals surface area contributed by atoms with E-state index in [1.165, 1.54) is 5.56 Å². The average Bonchev–Trinajstić information content (AvgIpc) is 3.20. The number of nitrogens with one attached hydrogen (secondary N) is 1. The normalized spacial score (nSPS) is 16.6. The largest absolute Gasteiger partial charge is 0.334 e. The first kappa shape index (κ1) is 15.6. The van der Waals surface area contributed by atoms with E-state index in [2.05, 4.69) is 28.7 Å². The van der Waals surface area contributed by atoms with Crippen molar-refractivity contribution in [2.45, 2.75) is 39.7 Å². The van der Waals surface area contributed by atoms with Crippen LogP contribution in [-0.2, 0) is 11.3 Å². The number of nitrogens with zero attached hydrogens (tertiary/aromatic N) is 4. The zero-order valence-corrected chi connectivity index (χ0v) is 14.7. The third-order valence-electron chi connectivity index (χ3n) is 4.82. The van der Waals surface area contributed by atoms with E-state index < -0.39 is 0 Å². The summed E-state index contributed by atoms with van der Waals surface area (Å²) in [4.78, 5) is 16.7. The van der Waals surface area contributed by atoms with Gasteiger partial charge in [-0.25, -0.2) is 9.67 Å². The molecular weight excluding hydrogens is 314 g/mol. The van der Waals surface area contributed by atoms with E-state index in [1.807, 2.05) is 48.4 Å². The number of aromatic nitrogens is 4. The molecule has 3 heterocycles. The lowest BCUT2D eigenvalue weighted by Crippen LogP contribution is -2.26. The molecule has 0 aliphatic carbocycles. The minimum atomic E-state index is -0.0228. The van der Waals surface area contributed by atoms with E-state index in [0.29, 0.717) is 6.42 Å². The summed E-state index contributed by atoms with van der Waals surface area (Å²) < 4.78 is 3.93. The minimum absolute atomic E-state index is 0.00890. The molecule has 0 fully saturated rings. The Balaban J connectivity index is 1.87. The lowest BCUT2D eigenvalue weighted by atomic mass is 9.89. The minimum Gasteiger partial charge on any atom is -0.334 e. The molecule has 3 aromatic rings. The van der Waals surface area contributed by atoms with Crippen molar-refractivity contribution >= 4 is 11.7 Å². The number of carbonyl (C=O) groups is 1. The molecule has 6 nitrogen and oxygen atoms in total. The molecule has 0 radical (unpaired) electrons. The molecule has 1 amide bonds.